The Morgan fingerprint density at radius 1 is 1.30 bits per heavy atom. The SMILES string of the molecule is CCCNC(=O)c1ccc(NC(=O)C2CC(F)(F)CN2)cc1.Cl. The molecule has 1 atom stereocenters. The van der Waals surface area contributed by atoms with Gasteiger partial charge in [-0.1, -0.05) is 6.92 Å². The van der Waals surface area contributed by atoms with Gasteiger partial charge in [-0.15, -0.1) is 12.4 Å². The van der Waals surface area contributed by atoms with Gasteiger partial charge in [0.05, 0.1) is 12.6 Å². The maximum absolute atomic E-state index is 13.1. The molecule has 0 saturated carbocycles. The van der Waals surface area contributed by atoms with E-state index in [4.69, 9.17) is 0 Å². The summed E-state index contributed by atoms with van der Waals surface area (Å²) in [6.45, 7) is 2.07. The minimum absolute atomic E-state index is 0. The van der Waals surface area contributed by atoms with Crippen molar-refractivity contribution in [2.24, 2.45) is 0 Å². The Hall–Kier alpha value is -1.73. The van der Waals surface area contributed by atoms with Gasteiger partial charge in [0.2, 0.25) is 5.91 Å². The Kier molecular flexibility index (Phi) is 6.90. The molecule has 0 spiro atoms. The highest BCUT2D eigenvalue weighted by Gasteiger charge is 2.42. The number of carbonyl (C=O) groups is 2. The third-order valence-corrected chi connectivity index (χ3v) is 3.38. The van der Waals surface area contributed by atoms with Gasteiger partial charge in [-0.3, -0.25) is 14.9 Å². The average Bonchev–Trinajstić information content (AvgIpc) is 2.86. The lowest BCUT2D eigenvalue weighted by Crippen LogP contribution is -2.35. The molecule has 0 bridgehead atoms. The predicted octanol–water partition coefficient (Wildman–Crippen LogP) is 2.18. The molecule has 3 N–H and O–H groups in total. The number of rotatable bonds is 5. The fraction of sp³-hybridized carbons (Fsp3) is 0.467. The normalized spacial score (nSPS) is 18.8. The van der Waals surface area contributed by atoms with E-state index in [2.05, 4.69) is 16.0 Å². The number of nitrogens with one attached hydrogen (secondary N) is 3. The second kappa shape index (κ2) is 8.21. The van der Waals surface area contributed by atoms with Crippen molar-refractivity contribution in [2.75, 3.05) is 18.4 Å². The Balaban J connectivity index is 0.00000264. The van der Waals surface area contributed by atoms with Gasteiger partial charge in [0.1, 0.15) is 0 Å². The third kappa shape index (κ3) is 5.44. The Morgan fingerprint density at radius 2 is 1.96 bits per heavy atom. The van der Waals surface area contributed by atoms with Crippen LogP contribution in [0.2, 0.25) is 0 Å². The van der Waals surface area contributed by atoms with Crippen molar-refractivity contribution in [3.8, 4) is 0 Å². The van der Waals surface area contributed by atoms with E-state index < -0.39 is 30.8 Å². The van der Waals surface area contributed by atoms with Crippen molar-refractivity contribution >= 4 is 29.9 Å². The first-order chi connectivity index (χ1) is 10.4. The number of hydrogen-bond acceptors (Lipinski definition) is 3. The van der Waals surface area contributed by atoms with Gasteiger partial charge in [0.25, 0.3) is 11.8 Å². The molecule has 0 aliphatic carbocycles. The van der Waals surface area contributed by atoms with E-state index in [-0.39, 0.29) is 18.3 Å². The van der Waals surface area contributed by atoms with Crippen molar-refractivity contribution in [3.63, 3.8) is 0 Å². The molecule has 23 heavy (non-hydrogen) atoms. The van der Waals surface area contributed by atoms with Crippen LogP contribution in [-0.4, -0.2) is 36.9 Å². The molecule has 0 aromatic heterocycles. The van der Waals surface area contributed by atoms with Crippen LogP contribution >= 0.6 is 12.4 Å². The van der Waals surface area contributed by atoms with Gasteiger partial charge in [-0.2, -0.15) is 0 Å². The van der Waals surface area contributed by atoms with Crippen molar-refractivity contribution in [3.05, 3.63) is 29.8 Å². The van der Waals surface area contributed by atoms with Crippen LogP contribution in [0.1, 0.15) is 30.1 Å². The van der Waals surface area contributed by atoms with Crippen LogP contribution in [-0.2, 0) is 4.79 Å². The maximum atomic E-state index is 13.1. The van der Waals surface area contributed by atoms with Crippen LogP contribution in [0, 0.1) is 0 Å². The highest BCUT2D eigenvalue weighted by atomic mass is 35.5. The summed E-state index contributed by atoms with van der Waals surface area (Å²) in [5, 5.41) is 7.80. The lowest BCUT2D eigenvalue weighted by atomic mass is 10.1. The van der Waals surface area contributed by atoms with E-state index in [1.165, 1.54) is 0 Å². The summed E-state index contributed by atoms with van der Waals surface area (Å²) in [5.74, 6) is -3.53. The van der Waals surface area contributed by atoms with Crippen LogP contribution in [0.25, 0.3) is 0 Å². The zero-order valence-corrected chi connectivity index (χ0v) is 13.5. The zero-order valence-electron chi connectivity index (χ0n) is 12.7. The van der Waals surface area contributed by atoms with Gasteiger partial charge in [-0.25, -0.2) is 8.78 Å². The molecule has 1 heterocycles. The molecule has 1 unspecified atom stereocenters. The first kappa shape index (κ1) is 19.3. The second-order valence-corrected chi connectivity index (χ2v) is 5.32. The van der Waals surface area contributed by atoms with Crippen molar-refractivity contribution in [1.82, 2.24) is 10.6 Å². The van der Waals surface area contributed by atoms with E-state index in [0.717, 1.165) is 6.42 Å². The molecule has 1 aromatic rings. The molecule has 1 aromatic carbocycles. The fourth-order valence-electron chi connectivity index (χ4n) is 2.18. The molecule has 2 amide bonds. The predicted molar refractivity (Wildman–Crippen MR) is 86.3 cm³/mol. The van der Waals surface area contributed by atoms with Crippen molar-refractivity contribution < 1.29 is 18.4 Å². The maximum Gasteiger partial charge on any atom is 0.262 e. The molecule has 128 valence electrons. The summed E-state index contributed by atoms with van der Waals surface area (Å²) in [7, 11) is 0. The molecule has 1 aliphatic rings. The smallest absolute Gasteiger partial charge is 0.262 e. The third-order valence-electron chi connectivity index (χ3n) is 3.38. The summed E-state index contributed by atoms with van der Waals surface area (Å²) in [4.78, 5) is 23.6. The van der Waals surface area contributed by atoms with Crippen LogP contribution in [0.3, 0.4) is 0 Å². The topological polar surface area (TPSA) is 70.2 Å². The number of anilines is 1. The molecule has 1 saturated heterocycles. The summed E-state index contributed by atoms with van der Waals surface area (Å²) >= 11 is 0. The van der Waals surface area contributed by atoms with E-state index >= 15 is 0 Å². The number of benzene rings is 1. The number of hydrogen-bond donors (Lipinski definition) is 3. The van der Waals surface area contributed by atoms with Gasteiger partial charge in [0.15, 0.2) is 0 Å². The van der Waals surface area contributed by atoms with E-state index in [1.54, 1.807) is 24.3 Å². The molecule has 5 nitrogen and oxygen atoms in total. The minimum atomic E-state index is -2.84. The largest absolute Gasteiger partial charge is 0.352 e. The molecular weight excluding hydrogens is 328 g/mol. The Labute approximate surface area is 139 Å². The summed E-state index contributed by atoms with van der Waals surface area (Å²) in [6.07, 6.45) is 0.343. The van der Waals surface area contributed by atoms with Crippen LogP contribution in [0.4, 0.5) is 14.5 Å². The van der Waals surface area contributed by atoms with Crippen LogP contribution < -0.4 is 16.0 Å². The van der Waals surface area contributed by atoms with Gasteiger partial charge < -0.3 is 10.6 Å². The molecule has 1 aliphatic heterocycles. The molecule has 2 rings (SSSR count). The zero-order chi connectivity index (χ0) is 16.2. The van der Waals surface area contributed by atoms with E-state index in [9.17, 15) is 18.4 Å². The Morgan fingerprint density at radius 3 is 2.48 bits per heavy atom. The van der Waals surface area contributed by atoms with Gasteiger partial charge in [0, 0.05) is 24.2 Å². The molecule has 1 fully saturated rings. The number of carbonyl (C=O) groups excluding carboxylic acids is 2. The molecule has 8 heteroatoms. The van der Waals surface area contributed by atoms with Crippen molar-refractivity contribution in [1.29, 1.82) is 0 Å². The van der Waals surface area contributed by atoms with Gasteiger partial charge in [-0.05, 0) is 30.7 Å². The fourth-order valence-corrected chi connectivity index (χ4v) is 2.18. The first-order valence-electron chi connectivity index (χ1n) is 7.21. The highest BCUT2D eigenvalue weighted by molar-refractivity contribution is 5.97. The van der Waals surface area contributed by atoms with Crippen LogP contribution in [0.5, 0.6) is 0 Å². The van der Waals surface area contributed by atoms with Crippen molar-refractivity contribution in [2.45, 2.75) is 31.7 Å². The van der Waals surface area contributed by atoms with Crippen LogP contribution in [0.15, 0.2) is 24.3 Å². The molecular formula is C15H20ClF2N3O2. The lowest BCUT2D eigenvalue weighted by Gasteiger charge is -2.11. The Bertz CT molecular complexity index is 552. The number of halogens is 3. The standard InChI is InChI=1S/C15H19F2N3O2.ClH/c1-2-7-18-13(21)10-3-5-11(6-4-10)20-14(22)12-8-15(16,17)9-19-12;/h3-6,12,19H,2,7-9H2,1H3,(H,18,21)(H,20,22);1H. The average molecular weight is 348 g/mol. The second-order valence-electron chi connectivity index (χ2n) is 5.32. The summed E-state index contributed by atoms with van der Waals surface area (Å²) < 4.78 is 26.1. The lowest BCUT2D eigenvalue weighted by molar-refractivity contribution is -0.118. The summed E-state index contributed by atoms with van der Waals surface area (Å²) in [6, 6.07) is 5.41. The summed E-state index contributed by atoms with van der Waals surface area (Å²) in [5.41, 5.74) is 0.950. The monoisotopic (exact) mass is 347 g/mol. The molecule has 0 radical (unpaired) electrons. The number of alkyl halides is 2. The van der Waals surface area contributed by atoms with Gasteiger partial charge >= 0.3 is 0 Å². The highest BCUT2D eigenvalue weighted by Crippen LogP contribution is 2.25. The minimum Gasteiger partial charge on any atom is -0.352 e. The first-order valence-corrected chi connectivity index (χ1v) is 7.21. The number of amides is 2. The van der Waals surface area contributed by atoms with E-state index in [1.807, 2.05) is 6.92 Å². The quantitative estimate of drug-likeness (QED) is 0.764. The van der Waals surface area contributed by atoms with E-state index in [0.29, 0.717) is 17.8 Å².